The number of likely N-dealkylation sites (tertiary alicyclic amines) is 1. The number of hydrogen-bond donors (Lipinski definition) is 2. The number of aromatic nitrogens is 3. The van der Waals surface area contributed by atoms with E-state index in [4.69, 9.17) is 0 Å². The zero-order valence-corrected chi connectivity index (χ0v) is 20.7. The Labute approximate surface area is 196 Å². The lowest BCUT2D eigenvalue weighted by Crippen LogP contribution is -2.49. The van der Waals surface area contributed by atoms with Crippen molar-refractivity contribution >= 4 is 22.5 Å². The second-order valence-electron chi connectivity index (χ2n) is 11.1. The predicted molar refractivity (Wildman–Crippen MR) is 135 cm³/mol. The monoisotopic (exact) mass is 447 g/mol. The topological polar surface area (TPSA) is 68.0 Å². The van der Waals surface area contributed by atoms with Gasteiger partial charge in [0.25, 0.3) is 0 Å². The summed E-state index contributed by atoms with van der Waals surface area (Å²) in [6.07, 6.45) is 5.71. The van der Waals surface area contributed by atoms with Crippen LogP contribution >= 0.6 is 0 Å². The van der Waals surface area contributed by atoms with E-state index in [9.17, 15) is 4.79 Å². The number of piperidine rings is 1. The second kappa shape index (κ2) is 8.32. The molecule has 2 N–H and O–H groups in total. The lowest BCUT2D eigenvalue weighted by Gasteiger charge is -2.36. The van der Waals surface area contributed by atoms with Gasteiger partial charge in [-0.1, -0.05) is 26.8 Å². The van der Waals surface area contributed by atoms with Crippen molar-refractivity contribution in [2.24, 2.45) is 11.3 Å². The van der Waals surface area contributed by atoms with Crippen molar-refractivity contribution in [2.75, 3.05) is 25.0 Å². The van der Waals surface area contributed by atoms with Crippen molar-refractivity contribution < 1.29 is 4.79 Å². The number of aromatic amines is 2. The quantitative estimate of drug-likeness (QED) is 0.581. The summed E-state index contributed by atoms with van der Waals surface area (Å²) in [5.74, 6) is 0.811. The van der Waals surface area contributed by atoms with Crippen molar-refractivity contribution in [3.63, 3.8) is 0 Å². The molecule has 3 heterocycles. The van der Waals surface area contributed by atoms with Gasteiger partial charge in [-0.15, -0.1) is 0 Å². The maximum atomic E-state index is 13.3. The second-order valence-corrected chi connectivity index (χ2v) is 11.1. The standard InChI is InChI=1S/C27H37N5O/c1-17-7-6-12-32(16-17)18(2)26(33)31(5)20-9-8-19-13-23(28-22(19)14-20)25-21-10-11-27(3,4)15-24(21)29-30-25/h8-9,13-14,17-18,28H,6-7,10-12,15-16H2,1-5H3,(H,29,30)/t17-,18?/m0/s1. The minimum atomic E-state index is -0.104. The Kier molecular flexibility index (Phi) is 5.60. The van der Waals surface area contributed by atoms with Crippen LogP contribution in [0.1, 0.15) is 58.2 Å². The molecule has 0 saturated carbocycles. The molecule has 0 bridgehead atoms. The highest BCUT2D eigenvalue weighted by atomic mass is 16.2. The first kappa shape index (κ1) is 22.2. The summed E-state index contributed by atoms with van der Waals surface area (Å²) in [7, 11) is 1.89. The van der Waals surface area contributed by atoms with Crippen molar-refractivity contribution in [3.8, 4) is 11.4 Å². The van der Waals surface area contributed by atoms with E-state index in [2.05, 4.69) is 59.1 Å². The summed E-state index contributed by atoms with van der Waals surface area (Å²) < 4.78 is 0. The lowest BCUT2D eigenvalue weighted by atomic mass is 9.76. The molecule has 2 aromatic heterocycles. The van der Waals surface area contributed by atoms with Gasteiger partial charge in [0, 0.05) is 41.4 Å². The van der Waals surface area contributed by atoms with Crippen LogP contribution in [-0.2, 0) is 17.6 Å². The fourth-order valence-corrected chi connectivity index (χ4v) is 5.66. The Morgan fingerprint density at radius 1 is 1.30 bits per heavy atom. The van der Waals surface area contributed by atoms with E-state index < -0.39 is 0 Å². The Balaban J connectivity index is 1.38. The molecule has 0 spiro atoms. The first-order valence-electron chi connectivity index (χ1n) is 12.4. The normalized spacial score (nSPS) is 21.7. The van der Waals surface area contributed by atoms with Gasteiger partial charge in [-0.25, -0.2) is 0 Å². The molecule has 5 rings (SSSR count). The van der Waals surface area contributed by atoms with Crippen molar-refractivity contribution in [1.29, 1.82) is 0 Å². The highest BCUT2D eigenvalue weighted by molar-refractivity contribution is 5.98. The summed E-state index contributed by atoms with van der Waals surface area (Å²) in [6, 6.07) is 8.31. The number of likely N-dealkylation sites (N-methyl/N-ethyl adjacent to an activating group) is 1. The Hall–Kier alpha value is -2.60. The summed E-state index contributed by atoms with van der Waals surface area (Å²) >= 11 is 0. The Morgan fingerprint density at radius 3 is 2.91 bits per heavy atom. The SMILES string of the molecule is CC(C(=O)N(C)c1ccc2cc(-c3n[nH]c4c3CCC(C)(C)C4)[nH]c2c1)N1CCC[C@H](C)C1. The van der Waals surface area contributed by atoms with Gasteiger partial charge in [0.1, 0.15) is 5.69 Å². The molecule has 1 unspecified atom stereocenters. The van der Waals surface area contributed by atoms with E-state index in [1.807, 2.05) is 24.9 Å². The molecular formula is C27H37N5O. The van der Waals surface area contributed by atoms with E-state index in [1.165, 1.54) is 30.5 Å². The van der Waals surface area contributed by atoms with Crippen molar-refractivity contribution in [2.45, 2.75) is 65.8 Å². The maximum absolute atomic E-state index is 13.3. The first-order valence-corrected chi connectivity index (χ1v) is 12.4. The predicted octanol–water partition coefficient (Wildman–Crippen LogP) is 5.16. The van der Waals surface area contributed by atoms with Gasteiger partial charge < -0.3 is 9.88 Å². The Morgan fingerprint density at radius 2 is 2.12 bits per heavy atom. The number of H-pyrrole nitrogens is 2. The number of fused-ring (bicyclic) bond motifs is 2. The van der Waals surface area contributed by atoms with Gasteiger partial charge in [0.2, 0.25) is 5.91 Å². The molecule has 33 heavy (non-hydrogen) atoms. The molecule has 1 amide bonds. The third kappa shape index (κ3) is 4.21. The molecule has 2 aliphatic rings. The average Bonchev–Trinajstić information content (AvgIpc) is 3.39. The van der Waals surface area contributed by atoms with E-state index >= 15 is 0 Å². The highest BCUT2D eigenvalue weighted by Gasteiger charge is 2.30. The zero-order valence-electron chi connectivity index (χ0n) is 20.7. The molecular weight excluding hydrogens is 410 g/mol. The summed E-state index contributed by atoms with van der Waals surface area (Å²) in [5, 5.41) is 9.10. The number of anilines is 1. The molecule has 1 aliphatic carbocycles. The molecule has 2 atom stereocenters. The number of carbonyl (C=O) groups is 1. The van der Waals surface area contributed by atoms with Crippen LogP contribution in [0.5, 0.6) is 0 Å². The molecule has 176 valence electrons. The fraction of sp³-hybridized carbons (Fsp3) is 0.556. The van der Waals surface area contributed by atoms with Gasteiger partial charge in [-0.3, -0.25) is 14.8 Å². The minimum Gasteiger partial charge on any atom is -0.353 e. The number of rotatable bonds is 4. The molecule has 1 saturated heterocycles. The van der Waals surface area contributed by atoms with Gasteiger partial charge >= 0.3 is 0 Å². The molecule has 3 aromatic rings. The number of hydrogen-bond acceptors (Lipinski definition) is 3. The molecule has 6 heteroatoms. The number of nitrogens with one attached hydrogen (secondary N) is 2. The van der Waals surface area contributed by atoms with Crippen LogP contribution in [0.2, 0.25) is 0 Å². The van der Waals surface area contributed by atoms with Crippen LogP contribution in [0, 0.1) is 11.3 Å². The number of carbonyl (C=O) groups excluding carboxylic acids is 1. The summed E-state index contributed by atoms with van der Waals surface area (Å²) in [6.45, 7) is 11.0. The van der Waals surface area contributed by atoms with E-state index in [0.29, 0.717) is 11.3 Å². The maximum Gasteiger partial charge on any atom is 0.243 e. The fourth-order valence-electron chi connectivity index (χ4n) is 5.66. The number of nitrogens with zero attached hydrogens (tertiary/aromatic N) is 3. The van der Waals surface area contributed by atoms with Crippen LogP contribution in [-0.4, -0.2) is 52.2 Å². The van der Waals surface area contributed by atoms with Crippen LogP contribution in [0.4, 0.5) is 5.69 Å². The largest absolute Gasteiger partial charge is 0.353 e. The van der Waals surface area contributed by atoms with Crippen molar-refractivity contribution in [3.05, 3.63) is 35.5 Å². The van der Waals surface area contributed by atoms with E-state index in [1.54, 1.807) is 0 Å². The Bertz CT molecular complexity index is 1170. The lowest BCUT2D eigenvalue weighted by molar-refractivity contribution is -0.123. The van der Waals surface area contributed by atoms with Crippen molar-refractivity contribution in [1.82, 2.24) is 20.1 Å². The average molecular weight is 448 g/mol. The zero-order chi connectivity index (χ0) is 23.3. The third-order valence-corrected chi connectivity index (χ3v) is 7.83. The third-order valence-electron chi connectivity index (χ3n) is 7.83. The highest BCUT2D eigenvalue weighted by Crippen LogP contribution is 2.38. The number of amides is 1. The first-order chi connectivity index (χ1) is 15.7. The molecule has 1 fully saturated rings. The smallest absolute Gasteiger partial charge is 0.243 e. The van der Waals surface area contributed by atoms with Gasteiger partial charge in [0.05, 0.1) is 11.7 Å². The summed E-state index contributed by atoms with van der Waals surface area (Å²) in [4.78, 5) is 21.0. The van der Waals surface area contributed by atoms with Crippen LogP contribution in [0.15, 0.2) is 24.3 Å². The number of benzene rings is 1. The van der Waals surface area contributed by atoms with Crippen LogP contribution < -0.4 is 4.90 Å². The molecule has 0 radical (unpaired) electrons. The summed E-state index contributed by atoms with van der Waals surface area (Å²) in [5.41, 5.74) is 6.98. The molecule has 1 aromatic carbocycles. The van der Waals surface area contributed by atoms with Gasteiger partial charge in [-0.05, 0) is 75.1 Å². The van der Waals surface area contributed by atoms with E-state index in [-0.39, 0.29) is 11.9 Å². The minimum absolute atomic E-state index is 0.104. The van der Waals surface area contributed by atoms with Gasteiger partial charge in [0.15, 0.2) is 0 Å². The molecule has 1 aliphatic heterocycles. The van der Waals surface area contributed by atoms with Crippen LogP contribution in [0.25, 0.3) is 22.3 Å². The van der Waals surface area contributed by atoms with Gasteiger partial charge in [-0.2, -0.15) is 5.10 Å². The van der Waals surface area contributed by atoms with E-state index in [0.717, 1.165) is 53.9 Å². The molecule has 6 nitrogen and oxygen atoms in total. The van der Waals surface area contributed by atoms with Crippen LogP contribution in [0.3, 0.4) is 0 Å².